The third-order valence-electron chi connectivity index (χ3n) is 4.90. The van der Waals surface area contributed by atoms with E-state index in [9.17, 15) is 14.7 Å². The zero-order chi connectivity index (χ0) is 23.6. The minimum absolute atomic E-state index is 0. The fourth-order valence-electron chi connectivity index (χ4n) is 3.08. The van der Waals surface area contributed by atoms with Crippen LogP contribution in [0.2, 0.25) is 0 Å². The van der Waals surface area contributed by atoms with Crippen molar-refractivity contribution in [2.75, 3.05) is 27.3 Å². The minimum Gasteiger partial charge on any atom is -0.462 e. The molecule has 0 aliphatic rings. The highest BCUT2D eigenvalue weighted by Gasteiger charge is 2.16. The molecule has 0 aliphatic carbocycles. The summed E-state index contributed by atoms with van der Waals surface area (Å²) in [6.45, 7) is 4.01. The maximum atomic E-state index is 11.8. The molecular weight excluding hydrogens is 430 g/mol. The molecule has 7 heteroatoms. The molecule has 1 atom stereocenters. The summed E-state index contributed by atoms with van der Waals surface area (Å²) in [5, 5.41) is 12.1. The molecule has 0 heterocycles. The molecule has 0 bridgehead atoms. The maximum absolute atomic E-state index is 11.8. The zero-order valence-electron chi connectivity index (χ0n) is 21.3. The standard InChI is InChI=1S/C23H44O5.C2H7N.ClH/c1-3-5-7-9-11-13-15-17-22(25)27-20-21(19-24)28-23(26)18-16-14-12-10-8-6-4-2;1-3-2;/h21,24H,3-20H2,1-2H3;3H,1-2H3;1H. The van der Waals surface area contributed by atoms with Crippen molar-refractivity contribution in [3.8, 4) is 0 Å². The predicted molar refractivity (Wildman–Crippen MR) is 135 cm³/mol. The molecular formula is C25H52ClNO5. The number of esters is 2. The second-order valence-electron chi connectivity index (χ2n) is 8.22. The second-order valence-corrected chi connectivity index (χ2v) is 8.22. The van der Waals surface area contributed by atoms with Gasteiger partial charge in [0, 0.05) is 12.8 Å². The summed E-state index contributed by atoms with van der Waals surface area (Å²) < 4.78 is 10.4. The minimum atomic E-state index is -0.755. The Morgan fingerprint density at radius 3 is 1.50 bits per heavy atom. The number of unbranched alkanes of at least 4 members (excludes halogenated alkanes) is 12. The SMILES string of the molecule is CCCCCCCCCC(=O)OCC(CO)OC(=O)CCCCCCCCC.CNC.Cl. The summed E-state index contributed by atoms with van der Waals surface area (Å²) in [5.74, 6) is -0.606. The van der Waals surface area contributed by atoms with Crippen molar-refractivity contribution in [2.45, 2.75) is 123 Å². The van der Waals surface area contributed by atoms with E-state index >= 15 is 0 Å². The number of carbonyl (C=O) groups is 2. The number of hydrogen-bond donors (Lipinski definition) is 2. The van der Waals surface area contributed by atoms with E-state index in [-0.39, 0.29) is 37.6 Å². The number of halogens is 1. The van der Waals surface area contributed by atoms with Gasteiger partial charge in [0.15, 0.2) is 6.10 Å². The number of carbonyl (C=O) groups excluding carboxylic acids is 2. The molecule has 0 aromatic heterocycles. The lowest BCUT2D eigenvalue weighted by Crippen LogP contribution is -2.28. The van der Waals surface area contributed by atoms with Crippen LogP contribution in [-0.2, 0) is 19.1 Å². The molecule has 0 aromatic carbocycles. The first-order valence-corrected chi connectivity index (χ1v) is 12.6. The monoisotopic (exact) mass is 481 g/mol. The fourth-order valence-corrected chi connectivity index (χ4v) is 3.08. The second kappa shape index (κ2) is 30.1. The van der Waals surface area contributed by atoms with Crippen molar-refractivity contribution >= 4 is 24.3 Å². The normalized spacial score (nSPS) is 11.0. The van der Waals surface area contributed by atoms with E-state index in [0.29, 0.717) is 12.8 Å². The lowest BCUT2D eigenvalue weighted by atomic mass is 10.1. The van der Waals surface area contributed by atoms with Gasteiger partial charge in [-0.1, -0.05) is 90.9 Å². The van der Waals surface area contributed by atoms with Gasteiger partial charge in [-0.2, -0.15) is 0 Å². The quantitative estimate of drug-likeness (QED) is 0.164. The Labute approximate surface area is 204 Å². The predicted octanol–water partition coefficient (Wildman–Crippen LogP) is 5.97. The topological polar surface area (TPSA) is 84.9 Å². The summed E-state index contributed by atoms with van der Waals surface area (Å²) in [5.41, 5.74) is 0. The van der Waals surface area contributed by atoms with E-state index in [1.165, 1.54) is 51.4 Å². The molecule has 0 spiro atoms. The van der Waals surface area contributed by atoms with Crippen LogP contribution in [0, 0.1) is 0 Å². The molecule has 0 radical (unpaired) electrons. The van der Waals surface area contributed by atoms with Crippen molar-refractivity contribution in [2.24, 2.45) is 0 Å². The first kappa shape index (κ1) is 35.7. The fraction of sp³-hybridized carbons (Fsp3) is 0.920. The molecule has 6 nitrogen and oxygen atoms in total. The van der Waals surface area contributed by atoms with Crippen molar-refractivity contribution in [3.63, 3.8) is 0 Å². The van der Waals surface area contributed by atoms with Gasteiger partial charge in [-0.05, 0) is 26.9 Å². The Bertz CT molecular complexity index is 397. The molecule has 0 amide bonds. The molecule has 2 N–H and O–H groups in total. The van der Waals surface area contributed by atoms with E-state index < -0.39 is 6.10 Å². The van der Waals surface area contributed by atoms with Gasteiger partial charge in [-0.15, -0.1) is 12.4 Å². The Kier molecular flexibility index (Phi) is 33.7. The third-order valence-corrected chi connectivity index (χ3v) is 4.90. The molecule has 1 unspecified atom stereocenters. The van der Waals surface area contributed by atoms with Crippen LogP contribution in [0.1, 0.15) is 117 Å². The number of hydrogen-bond acceptors (Lipinski definition) is 6. The summed E-state index contributed by atoms with van der Waals surface area (Å²) in [6, 6.07) is 0. The number of ether oxygens (including phenoxy) is 2. The van der Waals surface area contributed by atoms with Crippen LogP contribution in [0.4, 0.5) is 0 Å². The maximum Gasteiger partial charge on any atom is 0.306 e. The van der Waals surface area contributed by atoms with Gasteiger partial charge in [-0.3, -0.25) is 9.59 Å². The van der Waals surface area contributed by atoms with Gasteiger partial charge in [0.1, 0.15) is 6.61 Å². The average Bonchev–Trinajstić information content (AvgIpc) is 2.76. The summed E-state index contributed by atoms with van der Waals surface area (Å²) >= 11 is 0. The molecule has 32 heavy (non-hydrogen) atoms. The van der Waals surface area contributed by atoms with E-state index in [2.05, 4.69) is 19.2 Å². The van der Waals surface area contributed by atoms with Gasteiger partial charge in [0.05, 0.1) is 6.61 Å². The van der Waals surface area contributed by atoms with Crippen LogP contribution in [0.3, 0.4) is 0 Å². The van der Waals surface area contributed by atoms with Crippen LogP contribution < -0.4 is 5.32 Å². The van der Waals surface area contributed by atoms with Crippen molar-refractivity contribution in [1.82, 2.24) is 5.32 Å². The lowest BCUT2D eigenvalue weighted by Gasteiger charge is -2.15. The van der Waals surface area contributed by atoms with Crippen molar-refractivity contribution in [1.29, 1.82) is 0 Å². The summed E-state index contributed by atoms with van der Waals surface area (Å²) in [4.78, 5) is 23.6. The van der Waals surface area contributed by atoms with Crippen LogP contribution in [0.15, 0.2) is 0 Å². The highest BCUT2D eigenvalue weighted by atomic mass is 35.5. The first-order chi connectivity index (χ1) is 15.0. The summed E-state index contributed by atoms with van der Waals surface area (Å²) in [6.07, 6.45) is 16.0. The molecule has 0 rings (SSSR count). The Morgan fingerprint density at radius 2 is 1.09 bits per heavy atom. The molecule has 194 valence electrons. The van der Waals surface area contributed by atoms with Gasteiger partial charge in [0.2, 0.25) is 0 Å². The van der Waals surface area contributed by atoms with Gasteiger partial charge in [-0.25, -0.2) is 0 Å². The number of rotatable bonds is 20. The van der Waals surface area contributed by atoms with Crippen LogP contribution >= 0.6 is 12.4 Å². The van der Waals surface area contributed by atoms with Gasteiger partial charge >= 0.3 is 11.9 Å². The highest BCUT2D eigenvalue weighted by molar-refractivity contribution is 5.85. The molecule has 0 aromatic rings. The molecule has 0 aliphatic heterocycles. The van der Waals surface area contributed by atoms with E-state index in [1.807, 2.05) is 14.1 Å². The Hall–Kier alpha value is -0.850. The zero-order valence-corrected chi connectivity index (χ0v) is 22.1. The largest absolute Gasteiger partial charge is 0.462 e. The van der Waals surface area contributed by atoms with Crippen molar-refractivity contribution in [3.05, 3.63) is 0 Å². The molecule has 0 fully saturated rings. The highest BCUT2D eigenvalue weighted by Crippen LogP contribution is 2.11. The third kappa shape index (κ3) is 29.1. The Morgan fingerprint density at radius 1 is 0.719 bits per heavy atom. The van der Waals surface area contributed by atoms with Gasteiger partial charge < -0.3 is 19.9 Å². The van der Waals surface area contributed by atoms with Crippen LogP contribution in [-0.4, -0.2) is 50.5 Å². The molecule has 0 saturated carbocycles. The van der Waals surface area contributed by atoms with E-state index in [4.69, 9.17) is 9.47 Å². The van der Waals surface area contributed by atoms with Crippen molar-refractivity contribution < 1.29 is 24.2 Å². The summed E-state index contributed by atoms with van der Waals surface area (Å²) in [7, 11) is 3.75. The number of nitrogens with one attached hydrogen (secondary N) is 1. The first-order valence-electron chi connectivity index (χ1n) is 12.6. The number of aliphatic hydroxyl groups is 1. The average molecular weight is 482 g/mol. The lowest BCUT2D eigenvalue weighted by molar-refractivity contribution is -0.161. The van der Waals surface area contributed by atoms with Crippen LogP contribution in [0.25, 0.3) is 0 Å². The molecule has 0 saturated heterocycles. The van der Waals surface area contributed by atoms with E-state index in [0.717, 1.165) is 38.5 Å². The van der Waals surface area contributed by atoms with Crippen LogP contribution in [0.5, 0.6) is 0 Å². The Balaban J connectivity index is -0.00000198. The number of aliphatic hydroxyl groups excluding tert-OH is 1. The van der Waals surface area contributed by atoms with Gasteiger partial charge in [0.25, 0.3) is 0 Å². The van der Waals surface area contributed by atoms with E-state index in [1.54, 1.807) is 0 Å². The smallest absolute Gasteiger partial charge is 0.306 e.